The van der Waals surface area contributed by atoms with Crippen LogP contribution in [-0.4, -0.2) is 30.9 Å². The Morgan fingerprint density at radius 2 is 2.12 bits per heavy atom. The van der Waals surface area contributed by atoms with E-state index in [1.54, 1.807) is 12.1 Å². The van der Waals surface area contributed by atoms with Crippen LogP contribution in [0.2, 0.25) is 10.0 Å². The van der Waals surface area contributed by atoms with E-state index < -0.39 is 5.97 Å². The maximum atomic E-state index is 11.0. The highest BCUT2D eigenvalue weighted by molar-refractivity contribution is 6.35. The van der Waals surface area contributed by atoms with E-state index in [9.17, 15) is 4.79 Å². The van der Waals surface area contributed by atoms with E-state index in [-0.39, 0.29) is 19.8 Å². The van der Waals surface area contributed by atoms with Gasteiger partial charge in [0, 0.05) is 5.02 Å². The van der Waals surface area contributed by atoms with Crippen molar-refractivity contribution in [2.24, 2.45) is 0 Å². The third-order valence-electron chi connectivity index (χ3n) is 1.59. The maximum Gasteiger partial charge on any atom is 0.344 e. The molecule has 1 N–H and O–H groups in total. The molecule has 0 spiro atoms. The second kappa shape index (κ2) is 6.58. The first kappa shape index (κ1) is 13.1. The van der Waals surface area contributed by atoms with E-state index in [2.05, 4.69) is 4.74 Å². The molecule has 1 rings (SSSR count). The van der Waals surface area contributed by atoms with Crippen molar-refractivity contribution in [3.05, 3.63) is 28.2 Å². The number of carbonyl (C=O) groups excluding carboxylic acids is 1. The van der Waals surface area contributed by atoms with Crippen LogP contribution in [0.4, 0.5) is 0 Å². The first-order valence-corrected chi connectivity index (χ1v) is 5.23. The van der Waals surface area contributed by atoms with Gasteiger partial charge < -0.3 is 14.6 Å². The minimum Gasteiger partial charge on any atom is -0.480 e. The van der Waals surface area contributed by atoms with Gasteiger partial charge in [-0.05, 0) is 18.2 Å². The van der Waals surface area contributed by atoms with Gasteiger partial charge in [0.15, 0.2) is 6.61 Å². The van der Waals surface area contributed by atoms with Crippen molar-refractivity contribution in [1.29, 1.82) is 0 Å². The fourth-order valence-electron chi connectivity index (χ4n) is 0.930. The quantitative estimate of drug-likeness (QED) is 0.826. The lowest BCUT2D eigenvalue weighted by atomic mass is 10.3. The monoisotopic (exact) mass is 264 g/mol. The molecule has 0 saturated heterocycles. The molecule has 6 heteroatoms. The molecule has 16 heavy (non-hydrogen) atoms. The van der Waals surface area contributed by atoms with Gasteiger partial charge in [-0.2, -0.15) is 0 Å². The zero-order valence-corrected chi connectivity index (χ0v) is 9.79. The van der Waals surface area contributed by atoms with Crippen molar-refractivity contribution < 1.29 is 19.4 Å². The first-order valence-electron chi connectivity index (χ1n) is 4.48. The highest BCUT2D eigenvalue weighted by Crippen LogP contribution is 2.27. The van der Waals surface area contributed by atoms with Gasteiger partial charge in [-0.1, -0.05) is 23.2 Å². The number of aliphatic hydroxyl groups excluding tert-OH is 1. The number of hydrogen-bond donors (Lipinski definition) is 1. The summed E-state index contributed by atoms with van der Waals surface area (Å²) in [6.45, 7) is -0.522. The number of hydrogen-bond acceptors (Lipinski definition) is 4. The van der Waals surface area contributed by atoms with Crippen molar-refractivity contribution in [2.45, 2.75) is 0 Å². The highest BCUT2D eigenvalue weighted by atomic mass is 35.5. The van der Waals surface area contributed by atoms with E-state index in [4.69, 9.17) is 33.0 Å². The Labute approximate surface area is 103 Å². The average molecular weight is 265 g/mol. The van der Waals surface area contributed by atoms with E-state index in [0.717, 1.165) is 0 Å². The molecule has 0 fully saturated rings. The summed E-state index contributed by atoms with van der Waals surface area (Å²) in [5.41, 5.74) is 0. The molecule has 1 aromatic carbocycles. The molecule has 0 amide bonds. The normalized spacial score (nSPS) is 9.94. The van der Waals surface area contributed by atoms with Crippen LogP contribution in [0.5, 0.6) is 5.75 Å². The standard InChI is InChI=1S/C10H10Cl2O4/c11-7-1-2-9(8(12)5-7)16-6-10(14)15-4-3-13/h1-2,5,13H,3-4,6H2. The third kappa shape index (κ3) is 4.26. The molecule has 0 radical (unpaired) electrons. The number of ether oxygens (including phenoxy) is 2. The highest BCUT2D eigenvalue weighted by Gasteiger charge is 2.06. The van der Waals surface area contributed by atoms with Crippen LogP contribution >= 0.6 is 23.2 Å². The molecule has 0 atom stereocenters. The Bertz CT molecular complexity index is 368. The molecule has 0 aliphatic rings. The van der Waals surface area contributed by atoms with Crippen molar-refractivity contribution in [3.63, 3.8) is 0 Å². The summed E-state index contributed by atoms with van der Waals surface area (Å²) in [6.07, 6.45) is 0. The van der Waals surface area contributed by atoms with Gasteiger partial charge in [-0.3, -0.25) is 0 Å². The summed E-state index contributed by atoms with van der Waals surface area (Å²) in [6, 6.07) is 4.67. The van der Waals surface area contributed by atoms with E-state index in [1.807, 2.05) is 0 Å². The summed E-state index contributed by atoms with van der Waals surface area (Å²) in [5, 5.41) is 9.23. The minimum atomic E-state index is -0.569. The first-order chi connectivity index (χ1) is 7.63. The van der Waals surface area contributed by atoms with E-state index >= 15 is 0 Å². The molecule has 4 nitrogen and oxygen atoms in total. The molecular formula is C10H10Cl2O4. The van der Waals surface area contributed by atoms with Crippen LogP contribution in [0, 0.1) is 0 Å². The number of rotatable bonds is 5. The van der Waals surface area contributed by atoms with Crippen LogP contribution in [-0.2, 0) is 9.53 Å². The predicted molar refractivity (Wildman–Crippen MR) is 60.0 cm³/mol. The average Bonchev–Trinajstić information content (AvgIpc) is 2.25. The fourth-order valence-corrected chi connectivity index (χ4v) is 1.39. The van der Waals surface area contributed by atoms with Crippen LogP contribution in [0.15, 0.2) is 18.2 Å². The molecule has 0 aliphatic carbocycles. The second-order valence-electron chi connectivity index (χ2n) is 2.81. The van der Waals surface area contributed by atoms with E-state index in [0.29, 0.717) is 15.8 Å². The maximum absolute atomic E-state index is 11.0. The Morgan fingerprint density at radius 1 is 1.38 bits per heavy atom. The second-order valence-corrected chi connectivity index (χ2v) is 3.65. The fraction of sp³-hybridized carbons (Fsp3) is 0.300. The molecule has 0 bridgehead atoms. The lowest BCUT2D eigenvalue weighted by Crippen LogP contribution is -2.16. The third-order valence-corrected chi connectivity index (χ3v) is 2.12. The van der Waals surface area contributed by atoms with Gasteiger partial charge in [-0.15, -0.1) is 0 Å². The number of carbonyl (C=O) groups is 1. The lowest BCUT2D eigenvalue weighted by Gasteiger charge is -2.07. The number of esters is 1. The van der Waals surface area contributed by atoms with Gasteiger partial charge in [0.05, 0.1) is 11.6 Å². The van der Waals surface area contributed by atoms with Gasteiger partial charge in [0.25, 0.3) is 0 Å². The molecule has 0 unspecified atom stereocenters. The Morgan fingerprint density at radius 3 is 2.75 bits per heavy atom. The zero-order valence-electron chi connectivity index (χ0n) is 8.28. The van der Waals surface area contributed by atoms with Crippen LogP contribution in [0.25, 0.3) is 0 Å². The van der Waals surface area contributed by atoms with Gasteiger partial charge >= 0.3 is 5.97 Å². The number of benzene rings is 1. The van der Waals surface area contributed by atoms with Gasteiger partial charge in [0.2, 0.25) is 0 Å². The topological polar surface area (TPSA) is 55.8 Å². The SMILES string of the molecule is O=C(COc1ccc(Cl)cc1Cl)OCCO. The molecule has 88 valence electrons. The molecule has 0 saturated carbocycles. The molecule has 0 heterocycles. The number of halogens is 2. The number of aliphatic hydroxyl groups is 1. The van der Waals surface area contributed by atoms with Crippen molar-refractivity contribution in [1.82, 2.24) is 0 Å². The van der Waals surface area contributed by atoms with Crippen LogP contribution in [0.1, 0.15) is 0 Å². The largest absolute Gasteiger partial charge is 0.480 e. The van der Waals surface area contributed by atoms with Gasteiger partial charge in [-0.25, -0.2) is 4.79 Å². The van der Waals surface area contributed by atoms with Crippen molar-refractivity contribution in [3.8, 4) is 5.75 Å². The smallest absolute Gasteiger partial charge is 0.344 e. The lowest BCUT2D eigenvalue weighted by molar-refractivity contribution is -0.146. The molecular weight excluding hydrogens is 255 g/mol. The van der Waals surface area contributed by atoms with E-state index in [1.165, 1.54) is 6.07 Å². The summed E-state index contributed by atoms with van der Waals surface area (Å²) in [4.78, 5) is 11.0. The summed E-state index contributed by atoms with van der Waals surface area (Å²) >= 11 is 11.5. The summed E-state index contributed by atoms with van der Waals surface area (Å²) < 4.78 is 9.70. The van der Waals surface area contributed by atoms with Crippen LogP contribution < -0.4 is 4.74 Å². The summed E-state index contributed by atoms with van der Waals surface area (Å²) in [5.74, 6) is -0.216. The van der Waals surface area contributed by atoms with Crippen molar-refractivity contribution >= 4 is 29.2 Å². The molecule has 1 aromatic rings. The minimum absolute atomic E-state index is 0.0451. The summed E-state index contributed by atoms with van der Waals surface area (Å²) in [7, 11) is 0. The molecule has 0 aromatic heterocycles. The molecule has 0 aliphatic heterocycles. The zero-order chi connectivity index (χ0) is 12.0. The van der Waals surface area contributed by atoms with Gasteiger partial charge in [0.1, 0.15) is 12.4 Å². The Balaban J connectivity index is 2.45. The Kier molecular flexibility index (Phi) is 5.38. The van der Waals surface area contributed by atoms with Crippen LogP contribution in [0.3, 0.4) is 0 Å². The van der Waals surface area contributed by atoms with Crippen molar-refractivity contribution in [2.75, 3.05) is 19.8 Å². The Hall–Kier alpha value is -0.970. The predicted octanol–water partition coefficient (Wildman–Crippen LogP) is 1.91.